The summed E-state index contributed by atoms with van der Waals surface area (Å²) < 4.78 is 21.0. The highest BCUT2D eigenvalue weighted by Crippen LogP contribution is 2.24. The van der Waals surface area contributed by atoms with E-state index in [1.54, 1.807) is 37.4 Å². The molecular formula is C28H27FN4O3. The molecule has 0 fully saturated rings. The van der Waals surface area contributed by atoms with Crippen molar-refractivity contribution in [3.05, 3.63) is 101 Å². The monoisotopic (exact) mass is 486 g/mol. The molecule has 0 bridgehead atoms. The van der Waals surface area contributed by atoms with E-state index in [1.807, 2.05) is 37.3 Å². The molecule has 2 amide bonds. The average molecular weight is 487 g/mol. The van der Waals surface area contributed by atoms with Gasteiger partial charge in [0, 0.05) is 36.5 Å². The Labute approximate surface area is 208 Å². The maximum atomic E-state index is 13.9. The van der Waals surface area contributed by atoms with Crippen molar-refractivity contribution in [3.63, 3.8) is 0 Å². The van der Waals surface area contributed by atoms with Crippen LogP contribution in [0.1, 0.15) is 39.6 Å². The van der Waals surface area contributed by atoms with Crippen molar-refractivity contribution in [1.29, 1.82) is 0 Å². The molecule has 0 saturated carbocycles. The first-order chi connectivity index (χ1) is 17.5. The summed E-state index contributed by atoms with van der Waals surface area (Å²) in [5.74, 6) is -0.931. The van der Waals surface area contributed by atoms with Gasteiger partial charge < -0.3 is 15.4 Å². The SMILES string of the molecule is CCCOCc1ccccc1C(=O)Nc1ccc(-c2cc(NC(=O)c3ccccc3F)n(C)n2)cc1. The zero-order chi connectivity index (χ0) is 25.5. The lowest BCUT2D eigenvalue weighted by molar-refractivity contribution is 0.100. The molecule has 4 rings (SSSR count). The van der Waals surface area contributed by atoms with Gasteiger partial charge in [-0.1, -0.05) is 49.4 Å². The first-order valence-electron chi connectivity index (χ1n) is 11.6. The molecule has 1 aromatic heterocycles. The average Bonchev–Trinajstić information content (AvgIpc) is 3.25. The first kappa shape index (κ1) is 24.8. The number of halogens is 1. The maximum absolute atomic E-state index is 13.9. The third-order valence-corrected chi connectivity index (χ3v) is 5.55. The van der Waals surface area contributed by atoms with Crippen molar-refractivity contribution >= 4 is 23.3 Å². The predicted octanol–water partition coefficient (Wildman–Crippen LogP) is 5.66. The van der Waals surface area contributed by atoms with Gasteiger partial charge in [0.15, 0.2) is 0 Å². The molecule has 0 aliphatic heterocycles. The van der Waals surface area contributed by atoms with Crippen molar-refractivity contribution in [2.24, 2.45) is 7.05 Å². The molecule has 0 unspecified atom stereocenters. The second-order valence-electron chi connectivity index (χ2n) is 8.21. The van der Waals surface area contributed by atoms with Gasteiger partial charge in [-0.2, -0.15) is 5.10 Å². The van der Waals surface area contributed by atoms with Crippen LogP contribution in [0.4, 0.5) is 15.9 Å². The lowest BCUT2D eigenvalue weighted by Gasteiger charge is -2.11. The van der Waals surface area contributed by atoms with E-state index in [0.29, 0.717) is 36.0 Å². The Morgan fingerprint density at radius 3 is 2.31 bits per heavy atom. The number of nitrogens with zero attached hydrogens (tertiary/aromatic N) is 2. The standard InChI is InChI=1S/C28H27FN4O3/c1-3-16-36-18-20-8-4-5-9-22(20)27(34)30-21-14-12-19(13-15-21)25-17-26(33(2)32-25)31-28(35)23-10-6-7-11-24(23)29/h4-15,17H,3,16,18H2,1-2H3,(H,30,34)(H,31,35). The quantitative estimate of drug-likeness (QED) is 0.299. The van der Waals surface area contributed by atoms with Crippen molar-refractivity contribution in [3.8, 4) is 11.3 Å². The van der Waals surface area contributed by atoms with Crippen molar-refractivity contribution in [1.82, 2.24) is 9.78 Å². The number of hydrogen-bond donors (Lipinski definition) is 2. The number of aromatic nitrogens is 2. The van der Waals surface area contributed by atoms with Gasteiger partial charge in [-0.3, -0.25) is 14.3 Å². The molecule has 3 aromatic carbocycles. The van der Waals surface area contributed by atoms with Gasteiger partial charge in [-0.25, -0.2) is 4.39 Å². The summed E-state index contributed by atoms with van der Waals surface area (Å²) in [5, 5.41) is 10.1. The van der Waals surface area contributed by atoms with Crippen molar-refractivity contribution < 1.29 is 18.7 Å². The van der Waals surface area contributed by atoms with Crippen LogP contribution < -0.4 is 10.6 Å². The van der Waals surface area contributed by atoms with E-state index >= 15 is 0 Å². The number of ether oxygens (including phenoxy) is 1. The number of carbonyl (C=O) groups is 2. The minimum Gasteiger partial charge on any atom is -0.377 e. The van der Waals surface area contributed by atoms with Gasteiger partial charge in [-0.15, -0.1) is 0 Å². The number of amides is 2. The van der Waals surface area contributed by atoms with Crippen LogP contribution in [0.25, 0.3) is 11.3 Å². The molecule has 184 valence electrons. The van der Waals surface area contributed by atoms with Crippen LogP contribution in [0.2, 0.25) is 0 Å². The number of hydrogen-bond acceptors (Lipinski definition) is 4. The zero-order valence-electron chi connectivity index (χ0n) is 20.1. The van der Waals surface area contributed by atoms with Crippen molar-refractivity contribution in [2.45, 2.75) is 20.0 Å². The molecule has 4 aromatic rings. The number of rotatable bonds is 9. The summed E-state index contributed by atoms with van der Waals surface area (Å²) in [6.45, 7) is 3.06. The van der Waals surface area contributed by atoms with Gasteiger partial charge in [-0.05, 0) is 42.3 Å². The summed E-state index contributed by atoms with van der Waals surface area (Å²) in [6.07, 6.45) is 0.913. The van der Waals surface area contributed by atoms with Crippen LogP contribution in [-0.4, -0.2) is 28.2 Å². The predicted molar refractivity (Wildman–Crippen MR) is 137 cm³/mol. The Balaban J connectivity index is 1.44. The van der Waals surface area contributed by atoms with E-state index in [0.717, 1.165) is 17.5 Å². The molecule has 7 nitrogen and oxygen atoms in total. The minimum absolute atomic E-state index is 0.0427. The van der Waals surface area contributed by atoms with E-state index < -0.39 is 11.7 Å². The van der Waals surface area contributed by atoms with Crippen molar-refractivity contribution in [2.75, 3.05) is 17.2 Å². The second kappa shape index (κ2) is 11.4. The Morgan fingerprint density at radius 2 is 1.58 bits per heavy atom. The van der Waals surface area contributed by atoms with Crippen LogP contribution in [0.3, 0.4) is 0 Å². The number of carbonyl (C=O) groups excluding carboxylic acids is 2. The van der Waals surface area contributed by atoms with E-state index in [4.69, 9.17) is 4.74 Å². The van der Waals surface area contributed by atoms with Crippen LogP contribution in [0.5, 0.6) is 0 Å². The van der Waals surface area contributed by atoms with E-state index in [1.165, 1.54) is 22.9 Å². The Kier molecular flexibility index (Phi) is 7.87. The maximum Gasteiger partial charge on any atom is 0.259 e. The third-order valence-electron chi connectivity index (χ3n) is 5.55. The van der Waals surface area contributed by atoms with Gasteiger partial charge in [0.2, 0.25) is 0 Å². The highest BCUT2D eigenvalue weighted by molar-refractivity contribution is 6.05. The topological polar surface area (TPSA) is 85.3 Å². The minimum atomic E-state index is -0.592. The van der Waals surface area contributed by atoms with Gasteiger partial charge in [0.25, 0.3) is 11.8 Å². The molecule has 0 atom stereocenters. The molecule has 36 heavy (non-hydrogen) atoms. The highest BCUT2D eigenvalue weighted by Gasteiger charge is 2.15. The molecule has 0 radical (unpaired) electrons. The number of aryl methyl sites for hydroxylation is 1. The summed E-state index contributed by atoms with van der Waals surface area (Å²) in [4.78, 5) is 25.3. The number of anilines is 2. The lowest BCUT2D eigenvalue weighted by atomic mass is 10.1. The molecule has 2 N–H and O–H groups in total. The van der Waals surface area contributed by atoms with Crippen LogP contribution in [0, 0.1) is 5.82 Å². The summed E-state index contributed by atoms with van der Waals surface area (Å²) in [5.41, 5.74) is 3.41. The molecular weight excluding hydrogens is 459 g/mol. The fourth-order valence-corrected chi connectivity index (χ4v) is 3.67. The summed E-state index contributed by atoms with van der Waals surface area (Å²) in [6, 6.07) is 22.1. The summed E-state index contributed by atoms with van der Waals surface area (Å²) in [7, 11) is 1.69. The molecule has 0 spiro atoms. The Morgan fingerprint density at radius 1 is 0.917 bits per heavy atom. The molecule has 0 aliphatic carbocycles. The fraction of sp³-hybridized carbons (Fsp3) is 0.179. The van der Waals surface area contributed by atoms with E-state index in [-0.39, 0.29) is 11.5 Å². The molecule has 0 saturated heterocycles. The number of benzene rings is 3. The second-order valence-corrected chi connectivity index (χ2v) is 8.21. The Hall–Kier alpha value is -4.30. The molecule has 0 aliphatic rings. The van der Waals surface area contributed by atoms with E-state index in [2.05, 4.69) is 15.7 Å². The summed E-state index contributed by atoms with van der Waals surface area (Å²) >= 11 is 0. The van der Waals surface area contributed by atoms with Crippen LogP contribution in [0.15, 0.2) is 78.9 Å². The highest BCUT2D eigenvalue weighted by atomic mass is 19.1. The number of nitrogens with one attached hydrogen (secondary N) is 2. The zero-order valence-corrected chi connectivity index (χ0v) is 20.1. The first-order valence-corrected chi connectivity index (χ1v) is 11.6. The van der Waals surface area contributed by atoms with Crippen LogP contribution in [-0.2, 0) is 18.4 Å². The lowest BCUT2D eigenvalue weighted by Crippen LogP contribution is -2.15. The fourth-order valence-electron chi connectivity index (χ4n) is 3.67. The Bertz CT molecular complexity index is 1370. The largest absolute Gasteiger partial charge is 0.377 e. The van der Waals surface area contributed by atoms with Crippen LogP contribution >= 0.6 is 0 Å². The molecule has 1 heterocycles. The van der Waals surface area contributed by atoms with Gasteiger partial charge in [0.05, 0.1) is 17.9 Å². The van der Waals surface area contributed by atoms with Gasteiger partial charge in [0.1, 0.15) is 11.6 Å². The van der Waals surface area contributed by atoms with Gasteiger partial charge >= 0.3 is 0 Å². The van der Waals surface area contributed by atoms with E-state index in [9.17, 15) is 14.0 Å². The smallest absolute Gasteiger partial charge is 0.259 e. The third kappa shape index (κ3) is 5.84. The molecule has 8 heteroatoms. The normalized spacial score (nSPS) is 10.8.